The van der Waals surface area contributed by atoms with Gasteiger partial charge < -0.3 is 30.4 Å². The van der Waals surface area contributed by atoms with Crippen molar-refractivity contribution in [2.45, 2.75) is 36.8 Å². The smallest absolute Gasteiger partial charge is 0.353 e. The highest BCUT2D eigenvalue weighted by Crippen LogP contribution is 2.51. The molecule has 2 saturated heterocycles. The van der Waals surface area contributed by atoms with Gasteiger partial charge in [-0.25, -0.2) is 4.79 Å². The van der Waals surface area contributed by atoms with Crippen LogP contribution < -0.4 is 5.32 Å². The van der Waals surface area contributed by atoms with E-state index in [-0.39, 0.29) is 29.5 Å². The van der Waals surface area contributed by atoms with E-state index in [0.29, 0.717) is 17.9 Å². The first kappa shape index (κ1) is 20.1. The molecule has 27 heavy (non-hydrogen) atoms. The predicted octanol–water partition coefficient (Wildman–Crippen LogP) is -1.34. The molecule has 150 valence electrons. The van der Waals surface area contributed by atoms with Gasteiger partial charge in [0, 0.05) is 36.7 Å². The van der Waals surface area contributed by atoms with Crippen molar-refractivity contribution in [1.82, 2.24) is 15.1 Å². The van der Waals surface area contributed by atoms with E-state index in [1.807, 2.05) is 0 Å². The first-order valence-corrected chi connectivity index (χ1v) is 9.77. The molecule has 0 radical (unpaired) electrons. The molecule has 3 aliphatic rings. The highest BCUT2D eigenvalue weighted by Gasteiger charge is 2.61. The minimum atomic E-state index is -1.22. The number of carbonyl (C=O) groups excluding carboxylic acids is 2. The average molecular weight is 399 g/mol. The number of aliphatic hydroxyl groups excluding tert-OH is 2. The van der Waals surface area contributed by atoms with Gasteiger partial charge in [-0.2, -0.15) is 0 Å². The van der Waals surface area contributed by atoms with Crippen LogP contribution in [0.1, 0.15) is 13.3 Å². The third kappa shape index (κ3) is 3.24. The molecule has 6 atom stereocenters. The van der Waals surface area contributed by atoms with Gasteiger partial charge in [0.05, 0.1) is 30.7 Å². The van der Waals surface area contributed by atoms with Crippen LogP contribution in [-0.4, -0.2) is 93.6 Å². The molecule has 0 spiro atoms. The number of carboxylic acid groups (broad SMARTS) is 1. The standard InChI is InChI=1S/C17H25N3O6S/c1-7(22)11-12-9(6-21)14(13(17(25)26)20(12)16(11)24)27-8-4-10(18-5-8)15(23)19(2)3/h7-12,18,21-22H,4-6H2,1-3H3,(H,25,26)/t7-,8+,9-,10+,11-,12-/m1/s1. The number of carboxylic acids is 1. The molecular weight excluding hydrogens is 374 g/mol. The summed E-state index contributed by atoms with van der Waals surface area (Å²) in [5.74, 6) is -2.93. The molecule has 0 aliphatic carbocycles. The summed E-state index contributed by atoms with van der Waals surface area (Å²) in [5.41, 5.74) is -0.103. The molecule has 4 N–H and O–H groups in total. The normalized spacial score (nSPS) is 33.7. The molecular formula is C17H25N3O6S. The van der Waals surface area contributed by atoms with Crippen LogP contribution in [0.5, 0.6) is 0 Å². The first-order chi connectivity index (χ1) is 12.7. The Balaban J connectivity index is 1.82. The zero-order valence-electron chi connectivity index (χ0n) is 15.5. The number of amides is 2. The maximum Gasteiger partial charge on any atom is 0.353 e. The fraction of sp³-hybridized carbons (Fsp3) is 0.706. The highest BCUT2D eigenvalue weighted by atomic mass is 32.2. The summed E-state index contributed by atoms with van der Waals surface area (Å²) in [5, 5.41) is 32.6. The Bertz CT molecular complexity index is 694. The van der Waals surface area contributed by atoms with Gasteiger partial charge in [0.1, 0.15) is 5.70 Å². The number of carbonyl (C=O) groups is 3. The van der Waals surface area contributed by atoms with Crippen LogP contribution in [-0.2, 0) is 14.4 Å². The third-order valence-electron chi connectivity index (χ3n) is 5.45. The van der Waals surface area contributed by atoms with Crippen molar-refractivity contribution in [2.75, 3.05) is 27.2 Å². The summed E-state index contributed by atoms with van der Waals surface area (Å²) in [6.45, 7) is 1.72. The van der Waals surface area contributed by atoms with E-state index in [9.17, 15) is 29.7 Å². The van der Waals surface area contributed by atoms with E-state index in [1.165, 1.54) is 28.5 Å². The zero-order valence-corrected chi connectivity index (χ0v) is 16.3. The van der Waals surface area contributed by atoms with Gasteiger partial charge in [-0.3, -0.25) is 9.59 Å². The molecule has 0 bridgehead atoms. The second-order valence-electron chi connectivity index (χ2n) is 7.44. The number of aliphatic hydroxyl groups is 2. The fourth-order valence-corrected chi connectivity index (χ4v) is 5.69. The molecule has 0 aromatic carbocycles. The van der Waals surface area contributed by atoms with Crippen LogP contribution in [0.4, 0.5) is 0 Å². The maximum atomic E-state index is 12.4. The van der Waals surface area contributed by atoms with Crippen molar-refractivity contribution in [3.05, 3.63) is 10.6 Å². The molecule has 10 heteroatoms. The fourth-order valence-electron chi connectivity index (χ4n) is 4.18. The number of fused-ring (bicyclic) bond motifs is 1. The third-order valence-corrected chi connectivity index (χ3v) is 6.90. The maximum absolute atomic E-state index is 12.4. The van der Waals surface area contributed by atoms with Gasteiger partial charge in [-0.15, -0.1) is 11.8 Å². The predicted molar refractivity (Wildman–Crippen MR) is 97.5 cm³/mol. The SMILES string of the molecule is C[C@@H](O)[C@H]1C(=O)N2C(C(=O)O)=C(S[C@@H]3CN[C@H](C(=O)N(C)C)C3)[C@H](CO)[C@H]12. The Kier molecular flexibility index (Phi) is 5.53. The lowest BCUT2D eigenvalue weighted by Gasteiger charge is -2.46. The number of β-lactam (4-membered cyclic amide) rings is 1. The molecule has 0 aromatic rings. The minimum absolute atomic E-state index is 0.0381. The van der Waals surface area contributed by atoms with Gasteiger partial charge >= 0.3 is 5.97 Å². The van der Waals surface area contributed by atoms with E-state index in [4.69, 9.17) is 0 Å². The van der Waals surface area contributed by atoms with Gasteiger partial charge in [-0.1, -0.05) is 0 Å². The van der Waals surface area contributed by atoms with Crippen molar-refractivity contribution in [2.24, 2.45) is 11.8 Å². The van der Waals surface area contributed by atoms with Crippen molar-refractivity contribution in [1.29, 1.82) is 0 Å². The molecule has 0 saturated carbocycles. The van der Waals surface area contributed by atoms with E-state index < -0.39 is 35.9 Å². The van der Waals surface area contributed by atoms with Crippen LogP contribution in [0.2, 0.25) is 0 Å². The number of thioether (sulfide) groups is 1. The zero-order chi connectivity index (χ0) is 20.0. The minimum Gasteiger partial charge on any atom is -0.477 e. The Labute approximate surface area is 161 Å². The lowest BCUT2D eigenvalue weighted by molar-refractivity contribution is -0.164. The van der Waals surface area contributed by atoms with Crippen LogP contribution >= 0.6 is 11.8 Å². The monoisotopic (exact) mass is 399 g/mol. The van der Waals surface area contributed by atoms with E-state index in [1.54, 1.807) is 14.1 Å². The van der Waals surface area contributed by atoms with Crippen LogP contribution in [0.25, 0.3) is 0 Å². The summed E-state index contributed by atoms with van der Waals surface area (Å²) < 4.78 is 0. The van der Waals surface area contributed by atoms with Crippen molar-refractivity contribution >= 4 is 29.5 Å². The summed E-state index contributed by atoms with van der Waals surface area (Å²) in [7, 11) is 3.36. The Morgan fingerprint density at radius 2 is 2.07 bits per heavy atom. The second-order valence-corrected chi connectivity index (χ2v) is 8.78. The molecule has 0 aromatic heterocycles. The van der Waals surface area contributed by atoms with Gasteiger partial charge in [-0.05, 0) is 13.3 Å². The molecule has 0 unspecified atom stereocenters. The Hall–Kier alpha value is -1.62. The van der Waals surface area contributed by atoms with E-state index >= 15 is 0 Å². The molecule has 2 fully saturated rings. The Morgan fingerprint density at radius 3 is 2.59 bits per heavy atom. The largest absolute Gasteiger partial charge is 0.477 e. The summed E-state index contributed by atoms with van der Waals surface area (Å²) in [4.78, 5) is 39.5. The second kappa shape index (κ2) is 7.42. The molecule has 9 nitrogen and oxygen atoms in total. The summed E-state index contributed by atoms with van der Waals surface area (Å²) >= 11 is 1.31. The topological polar surface area (TPSA) is 130 Å². The van der Waals surface area contributed by atoms with Crippen LogP contribution in [0, 0.1) is 11.8 Å². The van der Waals surface area contributed by atoms with Crippen molar-refractivity contribution < 1.29 is 29.7 Å². The number of nitrogens with zero attached hydrogens (tertiary/aromatic N) is 2. The number of hydrogen-bond donors (Lipinski definition) is 4. The van der Waals surface area contributed by atoms with Crippen molar-refractivity contribution in [3.8, 4) is 0 Å². The molecule has 3 aliphatic heterocycles. The van der Waals surface area contributed by atoms with E-state index in [0.717, 1.165) is 0 Å². The Morgan fingerprint density at radius 1 is 1.41 bits per heavy atom. The number of likely N-dealkylation sites (N-methyl/N-ethyl adjacent to an activating group) is 1. The highest BCUT2D eigenvalue weighted by molar-refractivity contribution is 8.03. The van der Waals surface area contributed by atoms with Crippen molar-refractivity contribution in [3.63, 3.8) is 0 Å². The lowest BCUT2D eigenvalue weighted by Crippen LogP contribution is -2.64. The van der Waals surface area contributed by atoms with Gasteiger partial charge in [0.2, 0.25) is 11.8 Å². The molecule has 2 amide bonds. The van der Waals surface area contributed by atoms with Gasteiger partial charge in [0.25, 0.3) is 0 Å². The van der Waals surface area contributed by atoms with Gasteiger partial charge in [0.15, 0.2) is 0 Å². The lowest BCUT2D eigenvalue weighted by atomic mass is 9.79. The van der Waals surface area contributed by atoms with Crippen LogP contribution in [0.15, 0.2) is 10.6 Å². The summed E-state index contributed by atoms with van der Waals surface area (Å²) in [6, 6.07) is -0.867. The molecule has 3 heterocycles. The average Bonchev–Trinajstić information content (AvgIpc) is 3.15. The van der Waals surface area contributed by atoms with Crippen LogP contribution in [0.3, 0.4) is 0 Å². The number of hydrogen-bond acceptors (Lipinski definition) is 7. The first-order valence-electron chi connectivity index (χ1n) is 8.89. The number of nitrogens with one attached hydrogen (secondary N) is 1. The number of aliphatic carboxylic acids is 1. The quantitative estimate of drug-likeness (QED) is 0.404. The van der Waals surface area contributed by atoms with E-state index in [2.05, 4.69) is 5.32 Å². The molecule has 3 rings (SSSR count). The number of rotatable bonds is 6. The summed E-state index contributed by atoms with van der Waals surface area (Å²) in [6.07, 6.45) is -0.378.